The molecule has 60 valence electrons. The maximum absolute atomic E-state index is 5.89. The second-order valence-electron chi connectivity index (χ2n) is 2.94. The van der Waals surface area contributed by atoms with Gasteiger partial charge in [0.05, 0.1) is 3.55 Å². The third kappa shape index (κ3) is 2.45. The molecule has 2 N–H and O–H groups in total. The molecule has 1 atom stereocenters. The number of hydrogen-bond donors (Lipinski definition) is 1. The number of nitrogens with two attached hydrogens (primary N) is 1. The van der Waals surface area contributed by atoms with Crippen LogP contribution in [0.1, 0.15) is 18.1 Å². The average molecular weight is 261 g/mol. The van der Waals surface area contributed by atoms with Crippen molar-refractivity contribution in [2.45, 2.75) is 17.4 Å². The van der Waals surface area contributed by atoms with Gasteiger partial charge in [0.2, 0.25) is 0 Å². The van der Waals surface area contributed by atoms with Gasteiger partial charge in [-0.15, -0.1) is 0 Å². The smallest absolute Gasteiger partial charge is 0.0906 e. The molecule has 0 amide bonds. The standard InChI is InChI=1S/C9H12IN/c1-7-3-5-8(6-4-7)9(2,10)11/h3-6H,11H2,1-2H3. The van der Waals surface area contributed by atoms with E-state index in [1.54, 1.807) is 0 Å². The normalized spacial score (nSPS) is 16.0. The number of aryl methyl sites for hydroxylation is 1. The first-order chi connectivity index (χ1) is 5.00. The molecule has 1 aromatic rings. The lowest BCUT2D eigenvalue weighted by atomic mass is 10.1. The van der Waals surface area contributed by atoms with Crippen LogP contribution in [0.3, 0.4) is 0 Å². The highest BCUT2D eigenvalue weighted by molar-refractivity contribution is 14.1. The lowest BCUT2D eigenvalue weighted by Crippen LogP contribution is -2.24. The number of rotatable bonds is 1. The zero-order valence-corrected chi connectivity index (χ0v) is 8.92. The van der Waals surface area contributed by atoms with E-state index in [9.17, 15) is 0 Å². The Morgan fingerprint density at radius 2 is 1.73 bits per heavy atom. The van der Waals surface area contributed by atoms with Crippen molar-refractivity contribution in [3.05, 3.63) is 35.4 Å². The van der Waals surface area contributed by atoms with Crippen LogP contribution in [0.2, 0.25) is 0 Å². The Morgan fingerprint density at radius 3 is 2.09 bits per heavy atom. The molecule has 0 heterocycles. The van der Waals surface area contributed by atoms with Gasteiger partial charge in [-0.1, -0.05) is 52.4 Å². The van der Waals surface area contributed by atoms with Crippen LogP contribution in [0.5, 0.6) is 0 Å². The van der Waals surface area contributed by atoms with E-state index in [1.165, 1.54) is 11.1 Å². The fourth-order valence-corrected chi connectivity index (χ4v) is 1.24. The van der Waals surface area contributed by atoms with E-state index in [0.717, 1.165) is 0 Å². The van der Waals surface area contributed by atoms with E-state index in [4.69, 9.17) is 5.73 Å². The van der Waals surface area contributed by atoms with Crippen molar-refractivity contribution in [2.75, 3.05) is 0 Å². The summed E-state index contributed by atoms with van der Waals surface area (Å²) in [5, 5.41) is 0. The monoisotopic (exact) mass is 261 g/mol. The van der Waals surface area contributed by atoms with E-state index >= 15 is 0 Å². The van der Waals surface area contributed by atoms with Crippen LogP contribution >= 0.6 is 22.6 Å². The maximum Gasteiger partial charge on any atom is 0.0906 e. The molecule has 11 heavy (non-hydrogen) atoms. The van der Waals surface area contributed by atoms with Crippen LogP contribution in [0.4, 0.5) is 0 Å². The molecule has 0 saturated heterocycles. The predicted molar refractivity (Wildman–Crippen MR) is 56.7 cm³/mol. The zero-order chi connectivity index (χ0) is 8.48. The molecule has 0 spiro atoms. The highest BCUT2D eigenvalue weighted by atomic mass is 127. The van der Waals surface area contributed by atoms with Crippen molar-refractivity contribution in [3.63, 3.8) is 0 Å². The Labute approximate surface area is 81.1 Å². The number of alkyl halides is 1. The first-order valence-corrected chi connectivity index (χ1v) is 4.63. The molecule has 0 aromatic heterocycles. The van der Waals surface area contributed by atoms with Crippen LogP contribution < -0.4 is 5.73 Å². The minimum absolute atomic E-state index is 0.245. The second-order valence-corrected chi connectivity index (χ2v) is 5.18. The van der Waals surface area contributed by atoms with Crippen LogP contribution in [-0.4, -0.2) is 0 Å². The topological polar surface area (TPSA) is 26.0 Å². The lowest BCUT2D eigenvalue weighted by Gasteiger charge is -2.16. The largest absolute Gasteiger partial charge is 0.313 e. The highest BCUT2D eigenvalue weighted by Gasteiger charge is 2.14. The van der Waals surface area contributed by atoms with Gasteiger partial charge in [0.25, 0.3) is 0 Å². The number of halogens is 1. The third-order valence-corrected chi connectivity index (χ3v) is 2.24. The van der Waals surface area contributed by atoms with Crippen molar-refractivity contribution in [2.24, 2.45) is 5.73 Å². The maximum atomic E-state index is 5.89. The first kappa shape index (κ1) is 9.00. The van der Waals surface area contributed by atoms with E-state index in [-0.39, 0.29) is 3.55 Å². The minimum Gasteiger partial charge on any atom is -0.313 e. The van der Waals surface area contributed by atoms with Crippen molar-refractivity contribution in [3.8, 4) is 0 Å². The lowest BCUT2D eigenvalue weighted by molar-refractivity contribution is 0.779. The molecule has 1 rings (SSSR count). The number of hydrogen-bond acceptors (Lipinski definition) is 1. The summed E-state index contributed by atoms with van der Waals surface area (Å²) in [5.74, 6) is 0. The van der Waals surface area contributed by atoms with Crippen LogP contribution in [0, 0.1) is 6.92 Å². The second kappa shape index (κ2) is 3.11. The van der Waals surface area contributed by atoms with Gasteiger partial charge in [-0.3, -0.25) is 0 Å². The third-order valence-electron chi connectivity index (χ3n) is 1.62. The molecular formula is C9H12IN. The van der Waals surface area contributed by atoms with Crippen LogP contribution in [0.25, 0.3) is 0 Å². The predicted octanol–water partition coefficient (Wildman–Crippen LogP) is 2.56. The fraction of sp³-hybridized carbons (Fsp3) is 0.333. The molecule has 1 nitrogen and oxygen atoms in total. The molecule has 0 aliphatic rings. The summed E-state index contributed by atoms with van der Waals surface area (Å²) < 4.78 is -0.245. The van der Waals surface area contributed by atoms with Crippen molar-refractivity contribution in [1.29, 1.82) is 0 Å². The summed E-state index contributed by atoms with van der Waals surface area (Å²) in [5.41, 5.74) is 8.34. The summed E-state index contributed by atoms with van der Waals surface area (Å²) in [7, 11) is 0. The molecule has 1 aromatic carbocycles. The van der Waals surface area contributed by atoms with Gasteiger partial charge in [0.15, 0.2) is 0 Å². The van der Waals surface area contributed by atoms with Crippen LogP contribution in [0.15, 0.2) is 24.3 Å². The number of benzene rings is 1. The van der Waals surface area contributed by atoms with E-state index < -0.39 is 0 Å². The van der Waals surface area contributed by atoms with Gasteiger partial charge in [0, 0.05) is 0 Å². The van der Waals surface area contributed by atoms with E-state index in [1.807, 2.05) is 6.92 Å². The summed E-state index contributed by atoms with van der Waals surface area (Å²) in [6.45, 7) is 4.07. The van der Waals surface area contributed by atoms with Crippen LogP contribution in [-0.2, 0) is 3.55 Å². The Morgan fingerprint density at radius 1 is 1.27 bits per heavy atom. The van der Waals surface area contributed by atoms with Gasteiger partial charge in [-0.2, -0.15) is 0 Å². The van der Waals surface area contributed by atoms with Crippen molar-refractivity contribution in [1.82, 2.24) is 0 Å². The molecule has 0 aliphatic heterocycles. The fourth-order valence-electron chi connectivity index (χ4n) is 0.879. The van der Waals surface area contributed by atoms with Gasteiger partial charge in [-0.05, 0) is 19.4 Å². The Kier molecular flexibility index (Phi) is 2.54. The molecule has 0 saturated carbocycles. The van der Waals surface area contributed by atoms with Gasteiger partial charge in [0.1, 0.15) is 0 Å². The average Bonchev–Trinajstić information content (AvgIpc) is 1.86. The Hall–Kier alpha value is -0.0900. The molecule has 1 unspecified atom stereocenters. The first-order valence-electron chi connectivity index (χ1n) is 3.55. The van der Waals surface area contributed by atoms with Gasteiger partial charge < -0.3 is 5.73 Å². The Balaban J connectivity index is 2.99. The van der Waals surface area contributed by atoms with E-state index in [2.05, 4.69) is 53.8 Å². The van der Waals surface area contributed by atoms with E-state index in [0.29, 0.717) is 0 Å². The zero-order valence-electron chi connectivity index (χ0n) is 6.76. The molecule has 0 fully saturated rings. The molecule has 0 aliphatic carbocycles. The summed E-state index contributed by atoms with van der Waals surface area (Å²) >= 11 is 2.23. The molecule has 0 bridgehead atoms. The molecule has 2 heteroatoms. The summed E-state index contributed by atoms with van der Waals surface area (Å²) in [4.78, 5) is 0. The SMILES string of the molecule is Cc1ccc(C(C)(N)I)cc1. The van der Waals surface area contributed by atoms with Gasteiger partial charge in [-0.25, -0.2) is 0 Å². The van der Waals surface area contributed by atoms with Crippen molar-refractivity contribution < 1.29 is 0 Å². The molecule has 0 radical (unpaired) electrons. The minimum atomic E-state index is -0.245. The Bertz CT molecular complexity index is 233. The molecular weight excluding hydrogens is 249 g/mol. The quantitative estimate of drug-likeness (QED) is 0.469. The summed E-state index contributed by atoms with van der Waals surface area (Å²) in [6, 6.07) is 8.31. The highest BCUT2D eigenvalue weighted by Crippen LogP contribution is 2.24. The summed E-state index contributed by atoms with van der Waals surface area (Å²) in [6.07, 6.45) is 0. The van der Waals surface area contributed by atoms with Crippen molar-refractivity contribution >= 4 is 22.6 Å². The van der Waals surface area contributed by atoms with Gasteiger partial charge >= 0.3 is 0 Å².